The Morgan fingerprint density at radius 3 is 1.52 bits per heavy atom. The zero-order valence-electron chi connectivity index (χ0n) is 41.0. The molecule has 370 valence electrons. The monoisotopic (exact) mass is 977 g/mol. The summed E-state index contributed by atoms with van der Waals surface area (Å²) in [6.45, 7) is 8.32. The maximum Gasteiger partial charge on any atom is 0.273 e. The molecule has 4 aliphatic rings. The van der Waals surface area contributed by atoms with Crippen LogP contribution >= 0.6 is 0 Å². The zero-order valence-corrected chi connectivity index (χ0v) is 41.0. The van der Waals surface area contributed by atoms with Gasteiger partial charge in [-0.3, -0.25) is 19.3 Å². The number of carbonyl (C=O) groups excluding carboxylic acids is 3. The van der Waals surface area contributed by atoms with Gasteiger partial charge in [0, 0.05) is 55.1 Å². The van der Waals surface area contributed by atoms with Crippen LogP contribution in [0.5, 0.6) is 0 Å². The average molecular weight is 978 g/mol. The molecule has 0 radical (unpaired) electrons. The Bertz CT molecular complexity index is 3370. The fraction of sp³-hybridized carbons (Fsp3) is 0.271. The van der Waals surface area contributed by atoms with Crippen molar-refractivity contribution in [2.24, 2.45) is 5.92 Å². The van der Waals surface area contributed by atoms with Crippen molar-refractivity contribution in [1.82, 2.24) is 34.6 Å². The number of anilines is 2. The third-order valence-corrected chi connectivity index (χ3v) is 14.6. The Hall–Kier alpha value is -7.97. The van der Waals surface area contributed by atoms with Gasteiger partial charge in [-0.15, -0.1) is 0 Å². The molecular weight excluding hydrogens is 921 g/mol. The van der Waals surface area contributed by atoms with E-state index < -0.39 is 5.82 Å². The molecule has 1 aliphatic carbocycles. The fourth-order valence-electron chi connectivity index (χ4n) is 10.7. The highest BCUT2D eigenvalue weighted by atomic mass is 19.1. The summed E-state index contributed by atoms with van der Waals surface area (Å²) < 4.78 is 27.8. The quantitative estimate of drug-likeness (QED) is 0.147. The molecule has 12 rings (SSSR count). The Kier molecular flexibility index (Phi) is 14.0. The lowest BCUT2D eigenvalue weighted by Crippen LogP contribution is -2.27. The molecule has 1 unspecified atom stereocenters. The lowest BCUT2D eigenvalue weighted by molar-refractivity contribution is 0.0741. The van der Waals surface area contributed by atoms with E-state index in [1.807, 2.05) is 72.8 Å². The first kappa shape index (κ1) is 48.6. The van der Waals surface area contributed by atoms with Crippen LogP contribution in [-0.4, -0.2) is 65.3 Å². The van der Waals surface area contributed by atoms with Crippen LogP contribution in [0.4, 0.5) is 20.7 Å². The highest BCUT2D eigenvalue weighted by molar-refractivity contribution is 6.07. The van der Waals surface area contributed by atoms with Crippen molar-refractivity contribution in [3.63, 3.8) is 0 Å². The molecule has 0 spiro atoms. The predicted molar refractivity (Wildman–Crippen MR) is 281 cm³/mol. The molecule has 1 atom stereocenters. The van der Waals surface area contributed by atoms with Crippen LogP contribution in [-0.2, 0) is 32.7 Å². The summed E-state index contributed by atoms with van der Waals surface area (Å²) in [5.41, 5.74) is 22.2. The van der Waals surface area contributed by atoms with E-state index in [4.69, 9.17) is 11.5 Å². The largest absolute Gasteiger partial charge is 0.368 e. The number of aldehydes is 1. The third-order valence-electron chi connectivity index (χ3n) is 14.6. The number of nitrogens with zero attached hydrogens (tertiary/aromatic N) is 7. The van der Waals surface area contributed by atoms with Crippen molar-refractivity contribution in [2.75, 3.05) is 18.0 Å². The Balaban J connectivity index is 0.000000151. The first-order valence-corrected chi connectivity index (χ1v) is 25.0. The van der Waals surface area contributed by atoms with Gasteiger partial charge in [0.25, 0.3) is 11.8 Å². The summed E-state index contributed by atoms with van der Waals surface area (Å²) in [5.74, 6) is -0.0366. The number of nitrogen functional groups attached to an aromatic ring is 2. The van der Waals surface area contributed by atoms with E-state index in [0.29, 0.717) is 83.7 Å². The van der Waals surface area contributed by atoms with Crippen LogP contribution < -0.4 is 11.5 Å². The molecule has 5 heterocycles. The molecule has 4 N–H and O–H groups in total. The molecule has 2 amide bonds. The fourth-order valence-corrected chi connectivity index (χ4v) is 10.7. The molecule has 6 aromatic carbocycles. The summed E-state index contributed by atoms with van der Waals surface area (Å²) in [6, 6.07) is 36.4. The van der Waals surface area contributed by atoms with E-state index >= 15 is 0 Å². The van der Waals surface area contributed by atoms with Crippen molar-refractivity contribution in [3.8, 4) is 22.3 Å². The number of likely N-dealkylation sites (tertiary alicyclic amines) is 1. The van der Waals surface area contributed by atoms with Crippen LogP contribution in [0.15, 0.2) is 121 Å². The molecule has 2 aromatic heterocycles. The van der Waals surface area contributed by atoms with Gasteiger partial charge in [-0.05, 0) is 131 Å². The molecule has 1 saturated heterocycles. The van der Waals surface area contributed by atoms with Gasteiger partial charge in [-0.2, -0.15) is 0 Å². The zero-order chi connectivity index (χ0) is 50.8. The normalized spacial score (nSPS) is 16.2. The maximum absolute atomic E-state index is 14.3. The van der Waals surface area contributed by atoms with Crippen LogP contribution in [0, 0.1) is 17.6 Å². The van der Waals surface area contributed by atoms with Crippen LogP contribution in [0.2, 0.25) is 0 Å². The minimum atomic E-state index is -0.493. The topological polar surface area (TPSA) is 165 Å². The smallest absolute Gasteiger partial charge is 0.273 e. The van der Waals surface area contributed by atoms with E-state index in [-0.39, 0.29) is 40.8 Å². The lowest BCUT2D eigenvalue weighted by atomic mass is 9.97. The van der Waals surface area contributed by atoms with Gasteiger partial charge in [0.05, 0.1) is 11.0 Å². The third kappa shape index (κ3) is 10.5. The van der Waals surface area contributed by atoms with Crippen LogP contribution in [0.1, 0.15) is 112 Å². The van der Waals surface area contributed by atoms with Gasteiger partial charge < -0.3 is 21.3 Å². The second-order valence-corrected chi connectivity index (χ2v) is 19.7. The van der Waals surface area contributed by atoms with Crippen LogP contribution in [0.3, 0.4) is 0 Å². The molecule has 1 saturated carbocycles. The van der Waals surface area contributed by atoms with Gasteiger partial charge in [0.1, 0.15) is 23.0 Å². The van der Waals surface area contributed by atoms with E-state index in [1.165, 1.54) is 49.9 Å². The van der Waals surface area contributed by atoms with Crippen LogP contribution in [0.25, 0.3) is 44.1 Å². The standard InChI is InChI=1S/C29H28FN5O.C24H17FN4O2.C6H12/c1-18-5-4-12-34(18)17-22-13-23(30)9-10-24(22)19-8-11-26-25(14-19)27(33-29(31)32-26)28(36)35-15-20-6-2-3-7-21(20)16-35;25-18-6-7-19(17(9-18)13-30)14-5-8-21-20(10-14)22(28-24(26)27-21)23(31)29-11-15-3-1-2-4-16(15)12-29;1-6-4-2-3-5-6/h2-3,6-11,13-14,18H,4-5,12,15-17H2,1H3,(H2,31,32,33);1-10,13H,11-12H2,(H2,26,27,28);6H,2-5H2,1H3. The molecule has 2 fully saturated rings. The lowest BCUT2D eigenvalue weighted by Gasteiger charge is -2.23. The van der Waals surface area contributed by atoms with Crippen molar-refractivity contribution in [3.05, 3.63) is 178 Å². The van der Waals surface area contributed by atoms with Gasteiger partial charge in [0.2, 0.25) is 11.9 Å². The van der Waals surface area contributed by atoms with Crippen molar-refractivity contribution >= 4 is 51.8 Å². The Morgan fingerprint density at radius 2 is 1.07 bits per heavy atom. The summed E-state index contributed by atoms with van der Waals surface area (Å²) in [6.07, 6.45) is 8.87. The predicted octanol–water partition coefficient (Wildman–Crippen LogP) is 11.3. The number of halogens is 2. The minimum absolute atomic E-state index is 0.00988. The minimum Gasteiger partial charge on any atom is -0.368 e. The number of amides is 2. The maximum atomic E-state index is 14.3. The number of carbonyl (C=O) groups is 3. The highest BCUT2D eigenvalue weighted by Crippen LogP contribution is 2.34. The van der Waals surface area contributed by atoms with E-state index in [0.717, 1.165) is 64.2 Å². The van der Waals surface area contributed by atoms with E-state index in [9.17, 15) is 23.2 Å². The number of nitrogens with two attached hydrogens (primary N) is 2. The number of rotatable bonds is 7. The van der Waals surface area contributed by atoms with Gasteiger partial charge in [-0.25, -0.2) is 28.7 Å². The molecular formula is C59H57F2N9O3. The van der Waals surface area contributed by atoms with Gasteiger partial charge >= 0.3 is 0 Å². The van der Waals surface area contributed by atoms with E-state index in [2.05, 4.69) is 38.7 Å². The summed E-state index contributed by atoms with van der Waals surface area (Å²) in [7, 11) is 0. The number of fused-ring (bicyclic) bond motifs is 4. The van der Waals surface area contributed by atoms with E-state index in [1.54, 1.807) is 34.1 Å². The number of hydrogen-bond acceptors (Lipinski definition) is 10. The Morgan fingerprint density at radius 1 is 0.589 bits per heavy atom. The van der Waals surface area contributed by atoms with Gasteiger partial charge in [0.15, 0.2) is 6.29 Å². The average Bonchev–Trinajstić information content (AvgIpc) is 4.24. The highest BCUT2D eigenvalue weighted by Gasteiger charge is 2.29. The molecule has 14 heteroatoms. The molecule has 73 heavy (non-hydrogen) atoms. The first-order chi connectivity index (χ1) is 35.4. The number of benzene rings is 6. The number of hydrogen-bond donors (Lipinski definition) is 2. The second kappa shape index (κ2) is 21.0. The second-order valence-electron chi connectivity index (χ2n) is 19.7. The van der Waals surface area contributed by atoms with Crippen molar-refractivity contribution in [2.45, 2.75) is 91.1 Å². The first-order valence-electron chi connectivity index (χ1n) is 25.0. The Labute approximate surface area is 423 Å². The number of aromatic nitrogens is 4. The van der Waals surface area contributed by atoms with Crippen molar-refractivity contribution < 1.29 is 23.2 Å². The van der Waals surface area contributed by atoms with Gasteiger partial charge in [-0.1, -0.05) is 105 Å². The van der Waals surface area contributed by atoms with Crippen molar-refractivity contribution in [1.29, 1.82) is 0 Å². The summed E-state index contributed by atoms with van der Waals surface area (Å²) in [4.78, 5) is 61.6. The SMILES string of the molecule is CC1CCCC1.CC1CCCN1Cc1cc(F)ccc1-c1ccc2nc(N)nc(C(=O)N3Cc4ccccc4C3)c2c1.Nc1nc(C(=O)N2Cc3ccccc3C2)c2cc(-c3ccc(F)cc3C=O)ccc2n1. The summed E-state index contributed by atoms with van der Waals surface area (Å²) in [5, 5.41) is 1.17. The molecule has 8 aromatic rings. The summed E-state index contributed by atoms with van der Waals surface area (Å²) >= 11 is 0. The molecule has 0 bridgehead atoms. The molecule has 3 aliphatic heterocycles. The molecule has 12 nitrogen and oxygen atoms in total.